The van der Waals surface area contributed by atoms with Crippen LogP contribution in [-0.2, 0) is 9.53 Å². The van der Waals surface area contributed by atoms with Crippen molar-refractivity contribution in [1.82, 2.24) is 9.88 Å². The summed E-state index contributed by atoms with van der Waals surface area (Å²) in [6.07, 6.45) is 1.53. The van der Waals surface area contributed by atoms with Crippen molar-refractivity contribution in [2.24, 2.45) is 5.92 Å². The summed E-state index contributed by atoms with van der Waals surface area (Å²) < 4.78 is 5.82. The number of carboxylic acid groups (broad SMARTS) is 1. The molecule has 1 aromatic rings. The molecule has 1 aliphatic heterocycles. The Bertz CT molecular complexity index is 523. The molecular formula is C13H15BrN2O4. The molecule has 0 aromatic carbocycles. The molecule has 0 saturated carbocycles. The molecule has 0 aliphatic carbocycles. The molecule has 1 aromatic heterocycles. The fourth-order valence-corrected chi connectivity index (χ4v) is 2.72. The first-order valence-electron chi connectivity index (χ1n) is 6.28. The summed E-state index contributed by atoms with van der Waals surface area (Å²) in [5.74, 6) is -1.93. The van der Waals surface area contributed by atoms with Crippen molar-refractivity contribution in [3.63, 3.8) is 0 Å². The van der Waals surface area contributed by atoms with Gasteiger partial charge in [-0.25, -0.2) is 4.98 Å². The average molecular weight is 343 g/mol. The van der Waals surface area contributed by atoms with Crippen LogP contribution in [0.5, 0.6) is 0 Å². The maximum absolute atomic E-state index is 12.5. The lowest BCUT2D eigenvalue weighted by atomic mass is 10.0. The third-order valence-corrected chi connectivity index (χ3v) is 3.97. The quantitative estimate of drug-likeness (QED) is 0.894. The maximum atomic E-state index is 12.5. The highest BCUT2D eigenvalue weighted by atomic mass is 79.9. The van der Waals surface area contributed by atoms with Crippen molar-refractivity contribution >= 4 is 27.8 Å². The third kappa shape index (κ3) is 2.83. The molecule has 6 nitrogen and oxygen atoms in total. The van der Waals surface area contributed by atoms with Gasteiger partial charge in [-0.15, -0.1) is 0 Å². The molecule has 2 atom stereocenters. The van der Waals surface area contributed by atoms with E-state index < -0.39 is 17.9 Å². The van der Waals surface area contributed by atoms with Gasteiger partial charge in [-0.05, 0) is 35.0 Å². The Morgan fingerprint density at radius 2 is 2.30 bits per heavy atom. The minimum absolute atomic E-state index is 0.132. The highest BCUT2D eigenvalue weighted by Crippen LogP contribution is 2.23. The minimum Gasteiger partial charge on any atom is -0.481 e. The van der Waals surface area contributed by atoms with Gasteiger partial charge in [0.15, 0.2) is 0 Å². The summed E-state index contributed by atoms with van der Waals surface area (Å²) >= 11 is 3.29. The molecule has 0 bridgehead atoms. The number of carboxylic acids is 1. The van der Waals surface area contributed by atoms with Crippen LogP contribution < -0.4 is 0 Å². The first-order valence-corrected chi connectivity index (χ1v) is 7.07. The standard InChI is InChI=1S/C13H15BrN2O4/c1-2-16(10-7-20-6-8(10)13(18)19)12(17)11-9(14)4-3-5-15-11/h3-5,8,10H,2,6-7H2,1H3,(H,18,19). The Balaban J connectivity index is 2.26. The van der Waals surface area contributed by atoms with Crippen molar-refractivity contribution in [2.45, 2.75) is 13.0 Å². The van der Waals surface area contributed by atoms with E-state index in [4.69, 9.17) is 4.74 Å². The zero-order valence-electron chi connectivity index (χ0n) is 11.0. The average Bonchev–Trinajstić information content (AvgIpc) is 2.89. The zero-order valence-corrected chi connectivity index (χ0v) is 12.5. The van der Waals surface area contributed by atoms with Gasteiger partial charge in [0.25, 0.3) is 5.91 Å². The normalized spacial score (nSPS) is 21.7. The number of rotatable bonds is 4. The first-order chi connectivity index (χ1) is 9.56. The topological polar surface area (TPSA) is 79.7 Å². The van der Waals surface area contributed by atoms with E-state index in [2.05, 4.69) is 20.9 Å². The summed E-state index contributed by atoms with van der Waals surface area (Å²) in [5, 5.41) is 9.19. The fraction of sp³-hybridized carbons (Fsp3) is 0.462. The van der Waals surface area contributed by atoms with Gasteiger partial charge >= 0.3 is 5.97 Å². The molecule has 2 unspecified atom stereocenters. The second-order valence-corrected chi connectivity index (χ2v) is 5.33. The highest BCUT2D eigenvalue weighted by Gasteiger charge is 2.40. The van der Waals surface area contributed by atoms with Crippen molar-refractivity contribution in [3.05, 3.63) is 28.5 Å². The summed E-state index contributed by atoms with van der Waals surface area (Å²) in [4.78, 5) is 29.3. The van der Waals surface area contributed by atoms with Gasteiger partial charge in [0.2, 0.25) is 0 Å². The van der Waals surface area contributed by atoms with E-state index in [1.165, 1.54) is 11.1 Å². The second-order valence-electron chi connectivity index (χ2n) is 4.47. The molecule has 108 valence electrons. The number of carbonyl (C=O) groups excluding carboxylic acids is 1. The fourth-order valence-electron chi connectivity index (χ4n) is 2.29. The summed E-state index contributed by atoms with van der Waals surface area (Å²) in [6.45, 7) is 2.58. The number of pyridine rings is 1. The van der Waals surface area contributed by atoms with Gasteiger partial charge in [-0.1, -0.05) is 0 Å². The summed E-state index contributed by atoms with van der Waals surface area (Å²) in [7, 11) is 0. The number of aliphatic carboxylic acids is 1. The van der Waals surface area contributed by atoms with Crippen LogP contribution in [0.25, 0.3) is 0 Å². The molecule has 1 aliphatic rings. The SMILES string of the molecule is CCN(C(=O)c1ncccc1Br)C1COCC1C(=O)O. The Kier molecular flexibility index (Phi) is 4.72. The van der Waals surface area contributed by atoms with Crippen LogP contribution in [0, 0.1) is 5.92 Å². The molecule has 1 N–H and O–H groups in total. The van der Waals surface area contributed by atoms with Crippen LogP contribution in [0.15, 0.2) is 22.8 Å². The molecule has 2 heterocycles. The van der Waals surface area contributed by atoms with E-state index in [-0.39, 0.29) is 24.8 Å². The van der Waals surface area contributed by atoms with E-state index in [1.807, 2.05) is 6.92 Å². The van der Waals surface area contributed by atoms with E-state index in [1.54, 1.807) is 12.1 Å². The second kappa shape index (κ2) is 6.32. The monoisotopic (exact) mass is 342 g/mol. The molecule has 0 radical (unpaired) electrons. The first kappa shape index (κ1) is 14.9. The van der Waals surface area contributed by atoms with Gasteiger partial charge in [0.05, 0.1) is 19.3 Å². The Hall–Kier alpha value is -1.47. The van der Waals surface area contributed by atoms with Crippen molar-refractivity contribution in [1.29, 1.82) is 0 Å². The molecule has 0 spiro atoms. The third-order valence-electron chi connectivity index (χ3n) is 3.33. The molecule has 1 amide bonds. The number of amides is 1. The highest BCUT2D eigenvalue weighted by molar-refractivity contribution is 9.10. The molecule has 20 heavy (non-hydrogen) atoms. The van der Waals surface area contributed by atoms with Crippen LogP contribution in [0.1, 0.15) is 17.4 Å². The summed E-state index contributed by atoms with van der Waals surface area (Å²) in [6, 6.07) is 2.99. The lowest BCUT2D eigenvalue weighted by Crippen LogP contribution is -2.46. The van der Waals surface area contributed by atoms with E-state index in [0.717, 1.165) is 0 Å². The van der Waals surface area contributed by atoms with Crippen molar-refractivity contribution in [3.8, 4) is 0 Å². The molecule has 7 heteroatoms. The number of likely N-dealkylation sites (N-methyl/N-ethyl adjacent to an activating group) is 1. The number of ether oxygens (including phenoxy) is 1. The number of hydrogen-bond donors (Lipinski definition) is 1. The largest absolute Gasteiger partial charge is 0.481 e. The smallest absolute Gasteiger partial charge is 0.311 e. The van der Waals surface area contributed by atoms with E-state index in [0.29, 0.717) is 11.0 Å². The molecular weight excluding hydrogens is 328 g/mol. The van der Waals surface area contributed by atoms with Crippen molar-refractivity contribution < 1.29 is 19.4 Å². The zero-order chi connectivity index (χ0) is 14.7. The number of nitrogens with zero attached hydrogens (tertiary/aromatic N) is 2. The maximum Gasteiger partial charge on any atom is 0.311 e. The predicted octanol–water partition coefficient (Wildman–Crippen LogP) is 1.41. The van der Waals surface area contributed by atoms with Crippen LogP contribution in [0.2, 0.25) is 0 Å². The van der Waals surface area contributed by atoms with Gasteiger partial charge < -0.3 is 14.7 Å². The Labute approximate surface area is 124 Å². The predicted molar refractivity (Wildman–Crippen MR) is 74.4 cm³/mol. The molecule has 1 saturated heterocycles. The molecule has 2 rings (SSSR count). The van der Waals surface area contributed by atoms with E-state index in [9.17, 15) is 14.7 Å². The number of aromatic nitrogens is 1. The van der Waals surface area contributed by atoms with Gasteiger partial charge in [-0.3, -0.25) is 9.59 Å². The van der Waals surface area contributed by atoms with Crippen LogP contribution >= 0.6 is 15.9 Å². The molecule has 1 fully saturated rings. The van der Waals surface area contributed by atoms with Gasteiger partial charge in [-0.2, -0.15) is 0 Å². The lowest BCUT2D eigenvalue weighted by molar-refractivity contribution is -0.142. The Morgan fingerprint density at radius 1 is 1.55 bits per heavy atom. The van der Waals surface area contributed by atoms with E-state index >= 15 is 0 Å². The summed E-state index contributed by atoms with van der Waals surface area (Å²) in [5.41, 5.74) is 0.283. The van der Waals surface area contributed by atoms with Crippen LogP contribution in [0.3, 0.4) is 0 Å². The van der Waals surface area contributed by atoms with Crippen LogP contribution in [-0.4, -0.2) is 52.7 Å². The van der Waals surface area contributed by atoms with Crippen LogP contribution in [0.4, 0.5) is 0 Å². The number of carbonyl (C=O) groups is 2. The minimum atomic E-state index is -0.946. The van der Waals surface area contributed by atoms with Crippen molar-refractivity contribution in [2.75, 3.05) is 19.8 Å². The Morgan fingerprint density at radius 3 is 2.90 bits per heavy atom. The number of halogens is 1. The number of hydrogen-bond acceptors (Lipinski definition) is 4. The van der Waals surface area contributed by atoms with Gasteiger partial charge in [0.1, 0.15) is 11.6 Å². The van der Waals surface area contributed by atoms with Gasteiger partial charge in [0, 0.05) is 17.2 Å². The lowest BCUT2D eigenvalue weighted by Gasteiger charge is -2.29.